The molecule has 3 unspecified atom stereocenters. The number of hydrogen-bond donors (Lipinski definition) is 2. The summed E-state index contributed by atoms with van der Waals surface area (Å²) in [6.45, 7) is 2.24. The van der Waals surface area contributed by atoms with Crippen LogP contribution in [-0.2, 0) is 9.59 Å². The molecule has 2 N–H and O–H groups in total. The van der Waals surface area contributed by atoms with Crippen LogP contribution in [0, 0.1) is 5.92 Å². The molecular weight excluding hydrogens is 266 g/mol. The smallest absolute Gasteiger partial charge is 0.240 e. The molecule has 0 bridgehead atoms. The Hall–Kier alpha value is -0.940. The fourth-order valence-corrected chi connectivity index (χ4v) is 3.88. The van der Waals surface area contributed by atoms with E-state index in [2.05, 4.69) is 10.6 Å². The lowest BCUT2D eigenvalue weighted by atomic mass is 9.83. The summed E-state index contributed by atoms with van der Waals surface area (Å²) in [7, 11) is 3.76. The van der Waals surface area contributed by atoms with Gasteiger partial charge < -0.3 is 15.5 Å². The standard InChI is InChI=1S/C16H29N3O2/c1-11(20)14-9-13(17-2)10-19(14)16(21)15(18-3)12-7-5-4-6-8-12/h12-15,17-18H,4-10H2,1-3H3. The van der Waals surface area contributed by atoms with Crippen LogP contribution in [0.3, 0.4) is 0 Å². The highest BCUT2D eigenvalue weighted by Crippen LogP contribution is 2.29. The van der Waals surface area contributed by atoms with E-state index in [9.17, 15) is 9.59 Å². The van der Waals surface area contributed by atoms with Crippen LogP contribution >= 0.6 is 0 Å². The van der Waals surface area contributed by atoms with Gasteiger partial charge in [-0.2, -0.15) is 0 Å². The average molecular weight is 295 g/mol. The third kappa shape index (κ3) is 3.64. The maximum absolute atomic E-state index is 12.9. The molecule has 0 radical (unpaired) electrons. The third-order valence-electron chi connectivity index (χ3n) is 5.16. The van der Waals surface area contributed by atoms with Gasteiger partial charge in [-0.15, -0.1) is 0 Å². The quantitative estimate of drug-likeness (QED) is 0.792. The second-order valence-corrected chi connectivity index (χ2v) is 6.50. The van der Waals surface area contributed by atoms with Crippen molar-refractivity contribution in [2.45, 2.75) is 63.6 Å². The first-order chi connectivity index (χ1) is 10.1. The zero-order valence-electron chi connectivity index (χ0n) is 13.5. The topological polar surface area (TPSA) is 61.4 Å². The molecule has 0 aromatic heterocycles. The SMILES string of the molecule is CNC1CC(C(C)=O)N(C(=O)C(NC)C2CCCCC2)C1. The minimum absolute atomic E-state index is 0.0968. The summed E-state index contributed by atoms with van der Waals surface area (Å²) in [5.41, 5.74) is 0. The maximum Gasteiger partial charge on any atom is 0.240 e. The minimum Gasteiger partial charge on any atom is -0.330 e. The number of rotatable bonds is 5. The molecule has 1 aliphatic carbocycles. The number of likely N-dealkylation sites (tertiary alicyclic amines) is 1. The largest absolute Gasteiger partial charge is 0.330 e. The molecule has 1 amide bonds. The molecule has 0 aromatic carbocycles. The van der Waals surface area contributed by atoms with Gasteiger partial charge in [0.15, 0.2) is 5.78 Å². The number of hydrogen-bond acceptors (Lipinski definition) is 4. The predicted octanol–water partition coefficient (Wildman–Crippen LogP) is 0.933. The Morgan fingerprint density at radius 2 is 1.81 bits per heavy atom. The molecule has 120 valence electrons. The van der Waals surface area contributed by atoms with Gasteiger partial charge >= 0.3 is 0 Å². The second-order valence-electron chi connectivity index (χ2n) is 6.50. The monoisotopic (exact) mass is 295 g/mol. The van der Waals surface area contributed by atoms with Crippen LogP contribution in [0.2, 0.25) is 0 Å². The van der Waals surface area contributed by atoms with E-state index in [1.165, 1.54) is 19.3 Å². The van der Waals surface area contributed by atoms with Gasteiger partial charge in [-0.1, -0.05) is 19.3 Å². The molecule has 2 fully saturated rings. The van der Waals surface area contributed by atoms with Crippen molar-refractivity contribution in [3.05, 3.63) is 0 Å². The Morgan fingerprint density at radius 3 is 2.33 bits per heavy atom. The summed E-state index contributed by atoms with van der Waals surface area (Å²) in [6, 6.07) is -0.163. The van der Waals surface area contributed by atoms with Crippen molar-refractivity contribution in [1.82, 2.24) is 15.5 Å². The van der Waals surface area contributed by atoms with Crippen molar-refractivity contribution >= 4 is 11.7 Å². The van der Waals surface area contributed by atoms with Gasteiger partial charge in [-0.3, -0.25) is 9.59 Å². The van der Waals surface area contributed by atoms with Crippen LogP contribution in [-0.4, -0.2) is 55.4 Å². The zero-order chi connectivity index (χ0) is 15.4. The van der Waals surface area contributed by atoms with Gasteiger partial charge in [0.25, 0.3) is 0 Å². The molecule has 3 atom stereocenters. The van der Waals surface area contributed by atoms with Crippen molar-refractivity contribution in [3.63, 3.8) is 0 Å². The number of likely N-dealkylation sites (N-methyl/N-ethyl adjacent to an activating group) is 2. The first kappa shape index (κ1) is 16.4. The van der Waals surface area contributed by atoms with Crippen molar-refractivity contribution in [1.29, 1.82) is 0 Å². The van der Waals surface area contributed by atoms with Crippen molar-refractivity contribution in [2.24, 2.45) is 5.92 Å². The number of Topliss-reactive ketones (excluding diaryl/α,β-unsaturated/α-hetero) is 1. The van der Waals surface area contributed by atoms with Crippen LogP contribution in [0.1, 0.15) is 45.4 Å². The van der Waals surface area contributed by atoms with Crippen LogP contribution in [0.4, 0.5) is 0 Å². The van der Waals surface area contributed by atoms with E-state index in [4.69, 9.17) is 0 Å². The Kier molecular flexibility index (Phi) is 5.76. The molecule has 1 heterocycles. The Balaban J connectivity index is 2.09. The molecule has 1 saturated heterocycles. The van der Waals surface area contributed by atoms with Crippen LogP contribution in [0.15, 0.2) is 0 Å². The van der Waals surface area contributed by atoms with E-state index in [0.29, 0.717) is 12.5 Å². The van der Waals surface area contributed by atoms with Gasteiger partial charge in [-0.25, -0.2) is 0 Å². The first-order valence-corrected chi connectivity index (χ1v) is 8.24. The van der Waals surface area contributed by atoms with Gasteiger partial charge in [-0.05, 0) is 46.2 Å². The lowest BCUT2D eigenvalue weighted by molar-refractivity contribution is -0.140. The highest BCUT2D eigenvalue weighted by molar-refractivity contribution is 5.90. The second kappa shape index (κ2) is 7.36. The summed E-state index contributed by atoms with van der Waals surface area (Å²) in [6.07, 6.45) is 6.68. The molecule has 21 heavy (non-hydrogen) atoms. The van der Waals surface area contributed by atoms with Crippen molar-refractivity contribution in [2.75, 3.05) is 20.6 Å². The average Bonchev–Trinajstić information content (AvgIpc) is 2.93. The number of nitrogens with zero attached hydrogens (tertiary/aromatic N) is 1. The number of ketones is 1. The summed E-state index contributed by atoms with van der Waals surface area (Å²) >= 11 is 0. The highest BCUT2D eigenvalue weighted by Gasteiger charge is 2.41. The lowest BCUT2D eigenvalue weighted by Crippen LogP contribution is -2.52. The number of carbonyl (C=O) groups is 2. The Morgan fingerprint density at radius 1 is 1.14 bits per heavy atom. The molecule has 0 spiro atoms. The van der Waals surface area contributed by atoms with E-state index in [0.717, 1.165) is 19.3 Å². The van der Waals surface area contributed by atoms with E-state index in [1.54, 1.807) is 11.8 Å². The van der Waals surface area contributed by atoms with Gasteiger partial charge in [0, 0.05) is 12.6 Å². The molecule has 1 aliphatic heterocycles. The minimum atomic E-state index is -0.255. The fraction of sp³-hybridized carbons (Fsp3) is 0.875. The summed E-state index contributed by atoms with van der Waals surface area (Å²) in [5.74, 6) is 0.624. The molecule has 1 saturated carbocycles. The van der Waals surface area contributed by atoms with Crippen LogP contribution < -0.4 is 10.6 Å². The number of amides is 1. The van der Waals surface area contributed by atoms with E-state index in [-0.39, 0.29) is 29.8 Å². The molecule has 2 rings (SSSR count). The summed E-state index contributed by atoms with van der Waals surface area (Å²) in [5, 5.41) is 6.42. The van der Waals surface area contributed by atoms with Gasteiger partial charge in [0.05, 0.1) is 12.1 Å². The summed E-state index contributed by atoms with van der Waals surface area (Å²) < 4.78 is 0. The number of nitrogens with one attached hydrogen (secondary N) is 2. The molecule has 2 aliphatic rings. The van der Waals surface area contributed by atoms with Gasteiger partial charge in [0.1, 0.15) is 0 Å². The van der Waals surface area contributed by atoms with Crippen molar-refractivity contribution in [3.8, 4) is 0 Å². The normalized spacial score (nSPS) is 28.6. The van der Waals surface area contributed by atoms with E-state index < -0.39 is 0 Å². The highest BCUT2D eigenvalue weighted by atomic mass is 16.2. The van der Waals surface area contributed by atoms with Crippen molar-refractivity contribution < 1.29 is 9.59 Å². The van der Waals surface area contributed by atoms with E-state index >= 15 is 0 Å². The van der Waals surface area contributed by atoms with Gasteiger partial charge in [0.2, 0.25) is 5.91 Å². The zero-order valence-corrected chi connectivity index (χ0v) is 13.5. The lowest BCUT2D eigenvalue weighted by Gasteiger charge is -2.33. The molecule has 0 aromatic rings. The first-order valence-electron chi connectivity index (χ1n) is 8.24. The van der Waals surface area contributed by atoms with E-state index in [1.807, 2.05) is 14.1 Å². The van der Waals surface area contributed by atoms with Crippen LogP contribution in [0.25, 0.3) is 0 Å². The Bertz CT molecular complexity index is 380. The predicted molar refractivity (Wildman–Crippen MR) is 83.1 cm³/mol. The summed E-state index contributed by atoms with van der Waals surface area (Å²) in [4.78, 5) is 26.6. The maximum atomic E-state index is 12.9. The fourth-order valence-electron chi connectivity index (χ4n) is 3.88. The number of carbonyl (C=O) groups excluding carboxylic acids is 2. The molecular formula is C16H29N3O2. The molecule has 5 heteroatoms. The Labute approximate surface area is 127 Å². The third-order valence-corrected chi connectivity index (χ3v) is 5.16. The molecule has 5 nitrogen and oxygen atoms in total. The van der Waals surface area contributed by atoms with Crippen LogP contribution in [0.5, 0.6) is 0 Å².